The van der Waals surface area contributed by atoms with Gasteiger partial charge < -0.3 is 37.9 Å². The fraction of sp³-hybridized carbons (Fsp3) is 1.00. The maximum Gasteiger partial charge on any atom is 3.00 e. The summed E-state index contributed by atoms with van der Waals surface area (Å²) < 4.78 is 200. The number of hydrogen-bond donors (Lipinski definition) is 0. The van der Waals surface area contributed by atoms with Crippen molar-refractivity contribution >= 4 is 63.7 Å². The molecule has 31 heavy (non-hydrogen) atoms. The molecule has 0 fully saturated rings. The zero-order chi connectivity index (χ0) is 25.7. The Labute approximate surface area is 195 Å². The maximum atomic E-state index is 11.1. The maximum absolute atomic E-state index is 11.1. The van der Waals surface area contributed by atoms with Gasteiger partial charge in [0.25, 0.3) is 0 Å². The molecule has 0 aromatic heterocycles. The molecule has 0 N–H and O–H groups in total. The molecule has 0 atom stereocenters. The fourth-order valence-electron chi connectivity index (χ4n) is 0.557. The second-order valence-corrected chi connectivity index (χ2v) is 5.80. The van der Waals surface area contributed by atoms with Gasteiger partial charge in [-0.2, -0.15) is 79.0 Å². The summed E-state index contributed by atoms with van der Waals surface area (Å²) in [4.78, 5) is 0. The zero-order valence-electron chi connectivity index (χ0n) is 13.3. The van der Waals surface area contributed by atoms with Crippen molar-refractivity contribution in [1.82, 2.24) is 0 Å². The monoisotopic (exact) mass is 664 g/mol. The molecule has 0 aliphatic rings. The van der Waals surface area contributed by atoms with E-state index in [1.165, 1.54) is 0 Å². The van der Waals surface area contributed by atoms with E-state index in [-0.39, 0.29) is 25.8 Å². The van der Waals surface area contributed by atoms with Gasteiger partial charge in [0.05, 0.1) is 0 Å². The van der Waals surface area contributed by atoms with Crippen LogP contribution in [-0.4, -0.2) is 78.7 Å². The van der Waals surface area contributed by atoms with Gasteiger partial charge in [0, 0.05) is 15.7 Å². The second kappa shape index (κ2) is 12.9. The van der Waals surface area contributed by atoms with Crippen LogP contribution in [-0.2, 0) is 37.9 Å². The van der Waals surface area contributed by atoms with E-state index in [0.29, 0.717) is 0 Å². The first-order valence-corrected chi connectivity index (χ1v) is 7.26. The van der Waals surface area contributed by atoms with Crippen LogP contribution >= 0.6 is 0 Å². The Balaban J connectivity index is -0.000000174. The summed E-state index contributed by atoms with van der Waals surface area (Å²) >= 11 is 9.49. The molecule has 0 bridgehead atoms. The van der Waals surface area contributed by atoms with Crippen molar-refractivity contribution in [2.45, 2.75) is 52.8 Å². The van der Waals surface area contributed by atoms with Gasteiger partial charge in [-0.15, -0.1) is 0 Å². The zero-order valence-corrected chi connectivity index (χ0v) is 19.1. The molecular formula is C9H3F18InS3. The smallest absolute Gasteiger partial charge is 0.772 e. The van der Waals surface area contributed by atoms with Crippen molar-refractivity contribution in [1.29, 1.82) is 0 Å². The van der Waals surface area contributed by atoms with E-state index in [0.717, 1.165) is 0 Å². The molecule has 0 aromatic carbocycles. The van der Waals surface area contributed by atoms with Gasteiger partial charge in [0.1, 0.15) is 0 Å². The first-order valence-electron chi connectivity index (χ1n) is 5.84. The normalized spacial score (nSPS) is 13.9. The van der Waals surface area contributed by atoms with E-state index in [9.17, 15) is 79.0 Å². The summed E-state index contributed by atoms with van der Waals surface area (Å²) in [6.45, 7) is 0. The molecule has 186 valence electrons. The predicted molar refractivity (Wildman–Crippen MR) is 75.5 cm³/mol. The molecule has 0 radical (unpaired) electrons. The fourth-order valence-corrected chi connectivity index (χ4v) is 0.557. The minimum Gasteiger partial charge on any atom is -0.772 e. The van der Waals surface area contributed by atoms with Crippen LogP contribution in [0.4, 0.5) is 79.0 Å². The van der Waals surface area contributed by atoms with Crippen LogP contribution in [0.3, 0.4) is 0 Å². The average Bonchev–Trinajstić information content (AvgIpc) is 2.40. The third-order valence-corrected chi connectivity index (χ3v) is 3.39. The molecule has 0 unspecified atom stereocenters. The Bertz CT molecular complexity index is 369. The van der Waals surface area contributed by atoms with Crippen LogP contribution in [0.1, 0.15) is 0 Å². The van der Waals surface area contributed by atoms with Crippen LogP contribution in [0.25, 0.3) is 0 Å². The number of rotatable bonds is 0. The molecule has 0 heterocycles. The minimum absolute atomic E-state index is 0. The molecule has 0 spiro atoms. The second-order valence-electron chi connectivity index (χ2n) is 4.39. The SMILES string of the molecule is FC(F)(F)C([S-])C(F)(F)F.FC(F)(F)C([S-])C(F)(F)F.FC(F)(F)C([S-])C(F)(F)F.[In+3]. The van der Waals surface area contributed by atoms with Crippen LogP contribution in [0, 0.1) is 0 Å². The molecule has 0 nitrogen and oxygen atoms in total. The minimum atomic E-state index is -5.37. The topological polar surface area (TPSA) is 0 Å². The summed E-state index contributed by atoms with van der Waals surface area (Å²) in [6, 6.07) is 0. The molecular weight excluding hydrogens is 661 g/mol. The molecule has 0 aliphatic carbocycles. The third-order valence-electron chi connectivity index (χ3n) is 1.78. The Hall–Kier alpha value is 0.660. The van der Waals surface area contributed by atoms with Crippen molar-refractivity contribution < 1.29 is 79.0 Å². The van der Waals surface area contributed by atoms with Gasteiger partial charge in [-0.05, 0) is 0 Å². The third kappa shape index (κ3) is 18.7. The average molecular weight is 664 g/mol. The Morgan fingerprint density at radius 1 is 0.290 bits per heavy atom. The van der Waals surface area contributed by atoms with Gasteiger partial charge >= 0.3 is 62.9 Å². The van der Waals surface area contributed by atoms with Crippen LogP contribution in [0.5, 0.6) is 0 Å². The molecule has 0 saturated carbocycles. The summed E-state index contributed by atoms with van der Waals surface area (Å²) in [7, 11) is 0. The van der Waals surface area contributed by atoms with E-state index in [1.807, 2.05) is 0 Å². The number of hydrogen-bond acceptors (Lipinski definition) is 3. The molecule has 0 saturated heterocycles. The van der Waals surface area contributed by atoms with E-state index in [1.54, 1.807) is 0 Å². The summed E-state index contributed by atoms with van der Waals surface area (Å²) in [5.74, 6) is 0. The molecule has 0 rings (SSSR count). The van der Waals surface area contributed by atoms with Crippen molar-refractivity contribution in [2.24, 2.45) is 0 Å². The number of halogens is 18. The quantitative estimate of drug-likeness (QED) is 0.241. The van der Waals surface area contributed by atoms with Gasteiger partial charge in [-0.1, -0.05) is 0 Å². The van der Waals surface area contributed by atoms with Gasteiger partial charge in [-0.25, -0.2) is 0 Å². The van der Waals surface area contributed by atoms with Crippen LogP contribution in [0.2, 0.25) is 0 Å². The Morgan fingerprint density at radius 2 is 0.355 bits per heavy atom. The van der Waals surface area contributed by atoms with E-state index in [4.69, 9.17) is 0 Å². The van der Waals surface area contributed by atoms with Gasteiger partial charge in [0.15, 0.2) is 0 Å². The van der Waals surface area contributed by atoms with Crippen molar-refractivity contribution in [3.05, 3.63) is 0 Å². The van der Waals surface area contributed by atoms with Crippen LogP contribution < -0.4 is 0 Å². The molecule has 0 aliphatic heterocycles. The molecule has 22 heteroatoms. The van der Waals surface area contributed by atoms with Crippen molar-refractivity contribution in [3.63, 3.8) is 0 Å². The first kappa shape index (κ1) is 38.9. The summed E-state index contributed by atoms with van der Waals surface area (Å²) in [6.07, 6.45) is -32.2. The summed E-state index contributed by atoms with van der Waals surface area (Å²) in [5, 5.41) is -11.0. The Morgan fingerprint density at radius 3 is 0.355 bits per heavy atom. The van der Waals surface area contributed by atoms with Gasteiger partial charge in [0.2, 0.25) is 0 Å². The van der Waals surface area contributed by atoms with E-state index >= 15 is 0 Å². The first-order chi connectivity index (χ1) is 12.5. The van der Waals surface area contributed by atoms with Crippen LogP contribution in [0.15, 0.2) is 0 Å². The molecule has 0 amide bonds. The molecule has 0 aromatic rings. The Kier molecular flexibility index (Phi) is 16.2. The standard InChI is InChI=1S/3C3H2F6S.In/c3*4-2(5,6)1(10)3(7,8)9;/h3*1,10H;/q;;;+3/p-3. The predicted octanol–water partition coefficient (Wildman–Crippen LogP) is 5.70. The number of alkyl halides is 18. The van der Waals surface area contributed by atoms with Crippen molar-refractivity contribution in [2.75, 3.05) is 0 Å². The van der Waals surface area contributed by atoms with E-state index < -0.39 is 52.8 Å². The van der Waals surface area contributed by atoms with E-state index in [2.05, 4.69) is 37.9 Å². The van der Waals surface area contributed by atoms with Gasteiger partial charge in [-0.3, -0.25) is 0 Å². The largest absolute Gasteiger partial charge is 3.00 e. The summed E-state index contributed by atoms with van der Waals surface area (Å²) in [5.41, 5.74) is 0. The van der Waals surface area contributed by atoms with Crippen molar-refractivity contribution in [3.8, 4) is 0 Å².